The molecule has 1 heterocycles. The van der Waals surface area contributed by atoms with Crippen LogP contribution in [0.3, 0.4) is 0 Å². The number of nitrogens with one attached hydrogen (secondary N) is 2. The molecule has 0 atom stereocenters. The van der Waals surface area contributed by atoms with Crippen LogP contribution in [0.2, 0.25) is 5.02 Å². The van der Waals surface area contributed by atoms with Crippen LogP contribution in [0.5, 0.6) is 0 Å². The Bertz CT molecular complexity index is 1110. The number of halogens is 4. The monoisotopic (exact) mass is 465 g/mol. The van der Waals surface area contributed by atoms with Crippen molar-refractivity contribution >= 4 is 29.1 Å². The molecule has 0 aliphatic rings. The smallest absolute Gasteiger partial charge is 0.405 e. The molecule has 0 saturated carbocycles. The van der Waals surface area contributed by atoms with Gasteiger partial charge >= 0.3 is 6.18 Å². The second kappa shape index (κ2) is 9.86. The van der Waals surface area contributed by atoms with Gasteiger partial charge in [0.25, 0.3) is 5.91 Å². The first-order valence-corrected chi connectivity index (χ1v) is 9.94. The van der Waals surface area contributed by atoms with Gasteiger partial charge in [0, 0.05) is 34.7 Å². The van der Waals surface area contributed by atoms with Crippen LogP contribution in [0.15, 0.2) is 53.1 Å². The van der Waals surface area contributed by atoms with E-state index in [0.717, 1.165) is 5.56 Å². The van der Waals surface area contributed by atoms with Crippen molar-refractivity contribution in [1.82, 2.24) is 10.3 Å². The molecule has 1 aromatic heterocycles. The molecule has 0 fully saturated rings. The summed E-state index contributed by atoms with van der Waals surface area (Å²) in [6.07, 6.45) is -2.65. The van der Waals surface area contributed by atoms with Crippen molar-refractivity contribution < 1.29 is 27.2 Å². The number of benzene rings is 2. The zero-order valence-corrected chi connectivity index (χ0v) is 17.7. The van der Waals surface area contributed by atoms with E-state index in [0.29, 0.717) is 27.9 Å². The number of oxazole rings is 1. The fourth-order valence-corrected chi connectivity index (χ4v) is 2.91. The lowest BCUT2D eigenvalue weighted by Gasteiger charge is -2.12. The Kier molecular flexibility index (Phi) is 7.19. The van der Waals surface area contributed by atoms with Crippen LogP contribution in [-0.4, -0.2) is 29.5 Å². The lowest BCUT2D eigenvalue weighted by Crippen LogP contribution is -2.33. The van der Waals surface area contributed by atoms with Gasteiger partial charge < -0.3 is 15.1 Å². The molecule has 2 N–H and O–H groups in total. The average Bonchev–Trinajstić information content (AvgIpc) is 3.21. The lowest BCUT2D eigenvalue weighted by atomic mass is 10.1. The van der Waals surface area contributed by atoms with Crippen molar-refractivity contribution in [2.24, 2.45) is 0 Å². The summed E-state index contributed by atoms with van der Waals surface area (Å²) >= 11 is 5.87. The number of nitrogens with zero attached hydrogens (tertiary/aromatic N) is 1. The summed E-state index contributed by atoms with van der Waals surface area (Å²) in [5.74, 6) is -0.313. The van der Waals surface area contributed by atoms with Crippen LogP contribution < -0.4 is 10.6 Å². The number of amides is 2. The van der Waals surface area contributed by atoms with Gasteiger partial charge in [-0.25, -0.2) is 4.98 Å². The molecule has 32 heavy (non-hydrogen) atoms. The Morgan fingerprint density at radius 1 is 1.12 bits per heavy atom. The molecule has 0 saturated heterocycles. The number of hydrogen-bond acceptors (Lipinski definition) is 4. The number of anilines is 1. The Morgan fingerprint density at radius 3 is 2.53 bits per heavy atom. The highest BCUT2D eigenvalue weighted by atomic mass is 35.5. The highest BCUT2D eigenvalue weighted by Crippen LogP contribution is 2.23. The predicted molar refractivity (Wildman–Crippen MR) is 113 cm³/mol. The van der Waals surface area contributed by atoms with Crippen LogP contribution in [-0.2, 0) is 11.2 Å². The lowest BCUT2D eigenvalue weighted by molar-refractivity contribution is -0.123. The maximum absolute atomic E-state index is 12.3. The number of rotatable bonds is 7. The first-order valence-electron chi connectivity index (χ1n) is 9.57. The first kappa shape index (κ1) is 23.3. The van der Waals surface area contributed by atoms with E-state index in [1.54, 1.807) is 48.8 Å². The molecule has 168 valence electrons. The molecule has 0 unspecified atom stereocenters. The quantitative estimate of drug-likeness (QED) is 0.504. The topological polar surface area (TPSA) is 84.2 Å². The second-order valence-corrected chi connectivity index (χ2v) is 7.44. The summed E-state index contributed by atoms with van der Waals surface area (Å²) in [6.45, 7) is 0.273. The minimum Gasteiger partial charge on any atom is -0.441 e. The van der Waals surface area contributed by atoms with Gasteiger partial charge in [0.1, 0.15) is 6.54 Å². The van der Waals surface area contributed by atoms with Crippen molar-refractivity contribution in [3.05, 3.63) is 70.7 Å². The number of aromatic nitrogens is 1. The number of hydrogen-bond donors (Lipinski definition) is 2. The SMILES string of the molecule is Cc1ccc(C(=O)NCC(F)(F)F)cc1NC(=O)CCc1ncc(-c2ccc(Cl)cc2)o1. The molecule has 2 aromatic carbocycles. The van der Waals surface area contributed by atoms with Crippen LogP contribution in [0.4, 0.5) is 18.9 Å². The number of alkyl halides is 3. The minimum atomic E-state index is -4.51. The molecule has 3 aromatic rings. The van der Waals surface area contributed by atoms with Crippen LogP contribution in [0.25, 0.3) is 11.3 Å². The minimum absolute atomic E-state index is 0.00968. The van der Waals surface area contributed by atoms with E-state index >= 15 is 0 Å². The maximum Gasteiger partial charge on any atom is 0.405 e. The number of carbonyl (C=O) groups is 2. The second-order valence-electron chi connectivity index (χ2n) is 7.00. The molecule has 0 spiro atoms. The van der Waals surface area contributed by atoms with Gasteiger partial charge in [0.2, 0.25) is 5.91 Å². The summed E-state index contributed by atoms with van der Waals surface area (Å²) in [7, 11) is 0. The summed E-state index contributed by atoms with van der Waals surface area (Å²) < 4.78 is 42.5. The Balaban J connectivity index is 1.58. The molecule has 0 radical (unpaired) electrons. The highest BCUT2D eigenvalue weighted by Gasteiger charge is 2.28. The van der Waals surface area contributed by atoms with E-state index in [-0.39, 0.29) is 24.3 Å². The van der Waals surface area contributed by atoms with Gasteiger partial charge in [-0.15, -0.1) is 0 Å². The van der Waals surface area contributed by atoms with Gasteiger partial charge in [-0.3, -0.25) is 9.59 Å². The summed E-state index contributed by atoms with van der Waals surface area (Å²) in [5.41, 5.74) is 1.81. The molecule has 0 bridgehead atoms. The Hall–Kier alpha value is -3.33. The van der Waals surface area contributed by atoms with E-state index < -0.39 is 18.6 Å². The molecule has 2 amide bonds. The van der Waals surface area contributed by atoms with E-state index in [2.05, 4.69) is 10.3 Å². The van der Waals surface area contributed by atoms with E-state index in [1.165, 1.54) is 12.1 Å². The van der Waals surface area contributed by atoms with Gasteiger partial charge in [0.05, 0.1) is 6.20 Å². The van der Waals surface area contributed by atoms with E-state index in [1.807, 2.05) is 0 Å². The molecular weight excluding hydrogens is 447 g/mol. The van der Waals surface area contributed by atoms with Crippen molar-refractivity contribution in [2.75, 3.05) is 11.9 Å². The Labute approximate surface area is 186 Å². The molecule has 0 aliphatic heterocycles. The molecule has 0 aliphatic carbocycles. The van der Waals surface area contributed by atoms with Crippen molar-refractivity contribution in [1.29, 1.82) is 0 Å². The van der Waals surface area contributed by atoms with E-state index in [9.17, 15) is 22.8 Å². The molecule has 10 heteroatoms. The van der Waals surface area contributed by atoms with Crippen LogP contribution in [0, 0.1) is 6.92 Å². The van der Waals surface area contributed by atoms with Gasteiger partial charge in [-0.05, 0) is 48.9 Å². The predicted octanol–water partition coefficient (Wildman–Crippen LogP) is 5.17. The van der Waals surface area contributed by atoms with Crippen LogP contribution in [0.1, 0.15) is 28.2 Å². The Morgan fingerprint density at radius 2 is 1.84 bits per heavy atom. The average molecular weight is 466 g/mol. The highest BCUT2D eigenvalue weighted by molar-refractivity contribution is 6.30. The third kappa shape index (κ3) is 6.58. The zero-order chi connectivity index (χ0) is 23.3. The summed E-state index contributed by atoms with van der Waals surface area (Å²) in [5, 5.41) is 5.07. The summed E-state index contributed by atoms with van der Waals surface area (Å²) in [6, 6.07) is 11.3. The third-order valence-corrected chi connectivity index (χ3v) is 4.72. The van der Waals surface area contributed by atoms with E-state index in [4.69, 9.17) is 16.0 Å². The third-order valence-electron chi connectivity index (χ3n) is 4.47. The normalized spacial score (nSPS) is 11.3. The summed E-state index contributed by atoms with van der Waals surface area (Å²) in [4.78, 5) is 28.4. The maximum atomic E-state index is 12.3. The van der Waals surface area contributed by atoms with Gasteiger partial charge in [-0.2, -0.15) is 13.2 Å². The van der Waals surface area contributed by atoms with Crippen molar-refractivity contribution in [2.45, 2.75) is 25.9 Å². The number of carbonyl (C=O) groups excluding carboxylic acids is 2. The number of aryl methyl sites for hydroxylation is 2. The first-order chi connectivity index (χ1) is 15.1. The van der Waals surface area contributed by atoms with Crippen molar-refractivity contribution in [3.63, 3.8) is 0 Å². The largest absolute Gasteiger partial charge is 0.441 e. The standard InChI is InChI=1S/C22H19ClF3N3O3/c1-13-2-3-15(21(31)28-12-22(24,25)26)10-17(13)29-19(30)8-9-20-27-11-18(32-20)14-4-6-16(23)7-5-14/h2-7,10-11H,8-9,12H2,1H3,(H,28,31)(H,29,30). The molecule has 3 rings (SSSR count). The zero-order valence-electron chi connectivity index (χ0n) is 16.9. The fourth-order valence-electron chi connectivity index (χ4n) is 2.79. The van der Waals surface area contributed by atoms with Crippen molar-refractivity contribution in [3.8, 4) is 11.3 Å². The van der Waals surface area contributed by atoms with Gasteiger partial charge in [-0.1, -0.05) is 17.7 Å². The fraction of sp³-hybridized carbons (Fsp3) is 0.227. The van der Waals surface area contributed by atoms with Gasteiger partial charge in [0.15, 0.2) is 11.7 Å². The van der Waals surface area contributed by atoms with Crippen LogP contribution >= 0.6 is 11.6 Å². The molecular formula is C22H19ClF3N3O3. The molecule has 6 nitrogen and oxygen atoms in total.